The first-order valence-electron chi connectivity index (χ1n) is 5.68. The molecular weight excluding hydrogens is 172 g/mol. The Morgan fingerprint density at radius 2 is 2.36 bits per heavy atom. The van der Waals surface area contributed by atoms with Gasteiger partial charge in [0, 0.05) is 19.0 Å². The van der Waals surface area contributed by atoms with Gasteiger partial charge in [-0.25, -0.2) is 0 Å². The lowest BCUT2D eigenvalue weighted by atomic mass is 10.0. The number of hydrogen-bond donors (Lipinski definition) is 1. The quantitative estimate of drug-likeness (QED) is 0.527. The van der Waals surface area contributed by atoms with Gasteiger partial charge in [-0.05, 0) is 39.4 Å². The fraction of sp³-hybridized carbons (Fsp3) is 0.833. The highest BCUT2D eigenvalue weighted by Gasteiger charge is 2.13. The first kappa shape index (κ1) is 11.6. The summed E-state index contributed by atoms with van der Waals surface area (Å²) >= 11 is 0. The summed E-state index contributed by atoms with van der Waals surface area (Å²) in [6.45, 7) is 3.50. The molecule has 0 amide bonds. The molecule has 0 saturated carbocycles. The van der Waals surface area contributed by atoms with Crippen LogP contribution in [0.15, 0.2) is 0 Å². The van der Waals surface area contributed by atoms with Gasteiger partial charge in [0.25, 0.3) is 0 Å². The molecule has 80 valence electrons. The molecule has 0 aromatic rings. The Balaban J connectivity index is 2.06. The summed E-state index contributed by atoms with van der Waals surface area (Å²) in [5, 5.41) is 3.56. The van der Waals surface area contributed by atoms with Gasteiger partial charge in [0.05, 0.1) is 0 Å². The Labute approximate surface area is 88.1 Å². The lowest BCUT2D eigenvalue weighted by molar-refractivity contribution is 0.261. The van der Waals surface area contributed by atoms with Gasteiger partial charge in [0.1, 0.15) is 0 Å². The van der Waals surface area contributed by atoms with E-state index in [0.29, 0.717) is 6.04 Å². The van der Waals surface area contributed by atoms with Crippen molar-refractivity contribution < 1.29 is 0 Å². The van der Waals surface area contributed by atoms with Crippen LogP contribution in [-0.4, -0.2) is 37.6 Å². The third kappa shape index (κ3) is 4.64. The van der Waals surface area contributed by atoms with E-state index in [4.69, 9.17) is 6.42 Å². The molecule has 1 N–H and O–H groups in total. The second kappa shape index (κ2) is 6.86. The summed E-state index contributed by atoms with van der Waals surface area (Å²) in [7, 11) is 2.19. The molecule has 0 aromatic carbocycles. The molecule has 1 rings (SSSR count). The standard InChI is InChI=1S/C12H22N2/c1-3-4-7-10-14(2)11-12-8-5-6-9-13-12/h1,12-13H,4-11H2,2H3. The van der Waals surface area contributed by atoms with Gasteiger partial charge in [-0.2, -0.15) is 0 Å². The van der Waals surface area contributed by atoms with Crippen molar-refractivity contribution in [3.05, 3.63) is 0 Å². The Hall–Kier alpha value is -0.520. The van der Waals surface area contributed by atoms with Gasteiger partial charge >= 0.3 is 0 Å². The van der Waals surface area contributed by atoms with E-state index < -0.39 is 0 Å². The van der Waals surface area contributed by atoms with Crippen LogP contribution in [0.1, 0.15) is 32.1 Å². The number of terminal acetylenes is 1. The molecule has 0 aromatic heterocycles. The predicted molar refractivity (Wildman–Crippen MR) is 61.2 cm³/mol. The Morgan fingerprint density at radius 1 is 1.50 bits per heavy atom. The van der Waals surface area contributed by atoms with Crippen molar-refractivity contribution in [3.8, 4) is 12.3 Å². The van der Waals surface area contributed by atoms with Crippen LogP contribution in [0.2, 0.25) is 0 Å². The third-order valence-corrected chi connectivity index (χ3v) is 2.81. The van der Waals surface area contributed by atoms with Crippen molar-refractivity contribution in [2.24, 2.45) is 0 Å². The number of hydrogen-bond acceptors (Lipinski definition) is 2. The Bertz CT molecular complexity index is 177. The molecule has 1 atom stereocenters. The average Bonchev–Trinajstić information content (AvgIpc) is 2.20. The topological polar surface area (TPSA) is 15.3 Å². The van der Waals surface area contributed by atoms with E-state index in [2.05, 4.69) is 23.2 Å². The first-order valence-corrected chi connectivity index (χ1v) is 5.68. The Kier molecular flexibility index (Phi) is 5.66. The van der Waals surface area contributed by atoms with Crippen molar-refractivity contribution >= 4 is 0 Å². The Morgan fingerprint density at radius 3 is 3.00 bits per heavy atom. The van der Waals surface area contributed by atoms with E-state index in [1.54, 1.807) is 0 Å². The van der Waals surface area contributed by atoms with Crippen LogP contribution in [-0.2, 0) is 0 Å². The second-order valence-corrected chi connectivity index (χ2v) is 4.22. The van der Waals surface area contributed by atoms with E-state index in [1.807, 2.05) is 0 Å². The minimum atomic E-state index is 0.708. The lowest BCUT2D eigenvalue weighted by Gasteiger charge is -2.28. The van der Waals surface area contributed by atoms with Crippen LogP contribution in [0.4, 0.5) is 0 Å². The van der Waals surface area contributed by atoms with Gasteiger partial charge in [-0.3, -0.25) is 0 Å². The van der Waals surface area contributed by atoms with E-state index in [0.717, 1.165) is 19.4 Å². The normalized spacial score (nSPS) is 22.2. The minimum Gasteiger partial charge on any atom is -0.313 e. The molecule has 1 unspecified atom stereocenters. The molecule has 1 aliphatic heterocycles. The van der Waals surface area contributed by atoms with Crippen LogP contribution in [0.25, 0.3) is 0 Å². The maximum absolute atomic E-state index is 5.22. The van der Waals surface area contributed by atoms with Gasteiger partial charge < -0.3 is 10.2 Å². The molecule has 1 fully saturated rings. The number of nitrogens with one attached hydrogen (secondary N) is 1. The molecule has 0 bridgehead atoms. The maximum atomic E-state index is 5.22. The summed E-state index contributed by atoms with van der Waals surface area (Å²) < 4.78 is 0. The summed E-state index contributed by atoms with van der Waals surface area (Å²) in [6.07, 6.45) is 11.3. The monoisotopic (exact) mass is 194 g/mol. The van der Waals surface area contributed by atoms with E-state index >= 15 is 0 Å². The molecule has 0 radical (unpaired) electrons. The molecule has 2 nitrogen and oxygen atoms in total. The van der Waals surface area contributed by atoms with E-state index in [-0.39, 0.29) is 0 Å². The van der Waals surface area contributed by atoms with Gasteiger partial charge in [0.15, 0.2) is 0 Å². The zero-order valence-electron chi connectivity index (χ0n) is 9.26. The second-order valence-electron chi connectivity index (χ2n) is 4.22. The fourth-order valence-corrected chi connectivity index (χ4v) is 2.00. The fourth-order valence-electron chi connectivity index (χ4n) is 2.00. The first-order chi connectivity index (χ1) is 6.83. The molecule has 14 heavy (non-hydrogen) atoms. The highest BCUT2D eigenvalue weighted by molar-refractivity contribution is 4.83. The van der Waals surface area contributed by atoms with Crippen molar-refractivity contribution in [2.75, 3.05) is 26.7 Å². The van der Waals surface area contributed by atoms with Crippen LogP contribution in [0.5, 0.6) is 0 Å². The van der Waals surface area contributed by atoms with Crippen LogP contribution in [0, 0.1) is 12.3 Å². The minimum absolute atomic E-state index is 0.708. The molecule has 1 heterocycles. The van der Waals surface area contributed by atoms with Crippen LogP contribution < -0.4 is 5.32 Å². The molecular formula is C12H22N2. The van der Waals surface area contributed by atoms with Crippen molar-refractivity contribution in [2.45, 2.75) is 38.1 Å². The molecule has 1 aliphatic rings. The number of unbranched alkanes of at least 4 members (excludes halogenated alkanes) is 1. The van der Waals surface area contributed by atoms with Crippen molar-refractivity contribution in [1.82, 2.24) is 10.2 Å². The number of nitrogens with zero attached hydrogens (tertiary/aromatic N) is 1. The maximum Gasteiger partial charge on any atom is 0.0194 e. The number of likely N-dealkylation sites (N-methyl/N-ethyl adjacent to an activating group) is 1. The number of rotatable bonds is 5. The number of piperidine rings is 1. The largest absolute Gasteiger partial charge is 0.313 e. The smallest absolute Gasteiger partial charge is 0.0194 e. The molecule has 1 saturated heterocycles. The van der Waals surface area contributed by atoms with Gasteiger partial charge in [0.2, 0.25) is 0 Å². The zero-order chi connectivity index (χ0) is 10.2. The van der Waals surface area contributed by atoms with Crippen molar-refractivity contribution in [1.29, 1.82) is 0 Å². The SMILES string of the molecule is C#CCCCN(C)CC1CCCCN1. The summed E-state index contributed by atoms with van der Waals surface area (Å²) in [4.78, 5) is 2.39. The van der Waals surface area contributed by atoms with Crippen molar-refractivity contribution in [3.63, 3.8) is 0 Å². The van der Waals surface area contributed by atoms with Gasteiger partial charge in [-0.15, -0.1) is 12.3 Å². The summed E-state index contributed by atoms with van der Waals surface area (Å²) in [5.41, 5.74) is 0. The van der Waals surface area contributed by atoms with Gasteiger partial charge in [-0.1, -0.05) is 6.42 Å². The lowest BCUT2D eigenvalue weighted by Crippen LogP contribution is -2.42. The van der Waals surface area contributed by atoms with E-state index in [9.17, 15) is 0 Å². The summed E-state index contributed by atoms with van der Waals surface area (Å²) in [6, 6.07) is 0.708. The molecule has 0 aliphatic carbocycles. The molecule has 2 heteroatoms. The highest BCUT2D eigenvalue weighted by atomic mass is 15.1. The highest BCUT2D eigenvalue weighted by Crippen LogP contribution is 2.08. The molecule has 0 spiro atoms. The van der Waals surface area contributed by atoms with Crippen LogP contribution in [0.3, 0.4) is 0 Å². The zero-order valence-corrected chi connectivity index (χ0v) is 9.26. The predicted octanol–water partition coefficient (Wildman–Crippen LogP) is 1.47. The van der Waals surface area contributed by atoms with E-state index in [1.165, 1.54) is 32.4 Å². The average molecular weight is 194 g/mol. The van der Waals surface area contributed by atoms with Crippen LogP contribution >= 0.6 is 0 Å². The third-order valence-electron chi connectivity index (χ3n) is 2.81. The summed E-state index contributed by atoms with van der Waals surface area (Å²) in [5.74, 6) is 2.68.